The minimum atomic E-state index is -0.929. The molecule has 260 valence electrons. The van der Waals surface area contributed by atoms with Gasteiger partial charge in [-0.3, -0.25) is 9.80 Å². The van der Waals surface area contributed by atoms with Crippen molar-refractivity contribution in [3.05, 3.63) is 54.3 Å². The van der Waals surface area contributed by atoms with E-state index in [-0.39, 0.29) is 49.1 Å². The van der Waals surface area contributed by atoms with E-state index in [1.807, 2.05) is 80.1 Å². The van der Waals surface area contributed by atoms with Crippen LogP contribution in [0.5, 0.6) is 11.8 Å². The highest BCUT2D eigenvalue weighted by Gasteiger charge is 2.45. The monoisotopic (exact) mass is 675 g/mol. The number of ether oxygens (including phenoxy) is 4. The molecule has 3 fully saturated rings. The molecule has 2 unspecified atom stereocenters. The van der Waals surface area contributed by atoms with Gasteiger partial charge in [-0.15, -0.1) is 0 Å². The van der Waals surface area contributed by atoms with Crippen LogP contribution in [0.1, 0.15) is 40.0 Å². The molecule has 4 aromatic rings. The minimum Gasteiger partial charge on any atom is -0.468 e. The molecule has 0 spiro atoms. The van der Waals surface area contributed by atoms with Crippen molar-refractivity contribution >= 4 is 33.6 Å². The highest BCUT2D eigenvalue weighted by atomic mass is 19.1. The smallest absolute Gasteiger partial charge is 0.410 e. The molecule has 2 bridgehead atoms. The third-order valence-electron chi connectivity index (χ3n) is 9.66. The van der Waals surface area contributed by atoms with Gasteiger partial charge in [-0.1, -0.05) is 30.3 Å². The lowest BCUT2D eigenvalue weighted by atomic mass is 9.96. The average Bonchev–Trinajstić information content (AvgIpc) is 3.54. The Labute approximate surface area is 284 Å². The summed E-state index contributed by atoms with van der Waals surface area (Å²) >= 11 is 0. The zero-order valence-electron chi connectivity index (χ0n) is 28.6. The van der Waals surface area contributed by atoms with Gasteiger partial charge in [0.15, 0.2) is 12.6 Å². The number of hydrogen-bond acceptors (Lipinski definition) is 9. The zero-order valence-corrected chi connectivity index (χ0v) is 28.6. The number of carbonyl (C=O) groups is 1. The summed E-state index contributed by atoms with van der Waals surface area (Å²) in [6.07, 6.45) is 0.765. The Morgan fingerprint density at radius 2 is 1.71 bits per heavy atom. The standard InChI is InChI=1S/C37H43F2N5O5/c1-37(2,3)49-36(45)44-24-10-11-25(44)19-43(18-24)34-30-13-12-29(31-16-27(48-21-46-5)14-22-8-6-7-9-28(22)31)32(39)33(30)40-35(41-34)47-20-26-15-23(38)17-42(26)4/h6-9,12-14,16,23-26H,10-11,15,17-21H2,1-5H3/t23-,24?,25?,26+/m1/s1. The third-order valence-corrected chi connectivity index (χ3v) is 9.66. The molecule has 3 saturated heterocycles. The number of hydrogen-bond donors (Lipinski definition) is 0. The number of nitrogens with zero attached hydrogens (tertiary/aromatic N) is 5. The van der Waals surface area contributed by atoms with Gasteiger partial charge in [-0.05, 0) is 81.6 Å². The number of likely N-dealkylation sites (N-methyl/N-ethyl adjacent to an activating group) is 1. The SMILES string of the molecule is COCOc1cc(-c2ccc3c(N4CC5CCC(C4)N5C(=O)OC(C)(C)C)nc(OC[C@@H]4C[C@@H](F)CN4C)nc3c2F)c2ccccc2c1. The minimum absolute atomic E-state index is 0.0261. The van der Waals surface area contributed by atoms with E-state index in [1.54, 1.807) is 13.2 Å². The lowest BCUT2D eigenvalue weighted by molar-refractivity contribution is 0.0122. The van der Waals surface area contributed by atoms with Gasteiger partial charge >= 0.3 is 12.1 Å². The molecule has 49 heavy (non-hydrogen) atoms. The molecule has 7 rings (SSSR count). The normalized spacial score (nSPS) is 22.7. The van der Waals surface area contributed by atoms with Crippen LogP contribution < -0.4 is 14.4 Å². The van der Waals surface area contributed by atoms with Crippen LogP contribution in [-0.4, -0.2) is 103 Å². The Morgan fingerprint density at radius 1 is 0.959 bits per heavy atom. The second kappa shape index (κ2) is 13.2. The van der Waals surface area contributed by atoms with Crippen molar-refractivity contribution in [1.29, 1.82) is 0 Å². The molecule has 0 radical (unpaired) electrons. The second-order valence-electron chi connectivity index (χ2n) is 14.3. The number of aromatic nitrogens is 2. The summed E-state index contributed by atoms with van der Waals surface area (Å²) in [5.41, 5.74) is 0.522. The van der Waals surface area contributed by atoms with Crippen molar-refractivity contribution in [2.45, 2.75) is 69.9 Å². The van der Waals surface area contributed by atoms with E-state index in [1.165, 1.54) is 0 Å². The molecule has 1 amide bonds. The highest BCUT2D eigenvalue weighted by molar-refractivity contribution is 6.01. The van der Waals surface area contributed by atoms with Gasteiger partial charge in [0.1, 0.15) is 35.5 Å². The van der Waals surface area contributed by atoms with Crippen molar-refractivity contribution < 1.29 is 32.5 Å². The van der Waals surface area contributed by atoms with Crippen LogP contribution in [0.15, 0.2) is 48.5 Å². The number of fused-ring (bicyclic) bond motifs is 4. The first-order valence-electron chi connectivity index (χ1n) is 16.9. The van der Waals surface area contributed by atoms with Crippen molar-refractivity contribution in [2.75, 3.05) is 52.1 Å². The van der Waals surface area contributed by atoms with E-state index >= 15 is 4.39 Å². The van der Waals surface area contributed by atoms with Gasteiger partial charge in [-0.2, -0.15) is 9.97 Å². The first kappa shape index (κ1) is 33.2. The fourth-order valence-electron chi connectivity index (χ4n) is 7.42. The summed E-state index contributed by atoms with van der Waals surface area (Å²) in [7, 11) is 3.41. The molecular weight excluding hydrogens is 632 g/mol. The molecule has 1 aromatic heterocycles. The van der Waals surface area contributed by atoms with Crippen LogP contribution >= 0.6 is 0 Å². The van der Waals surface area contributed by atoms with Gasteiger partial charge in [0, 0.05) is 43.7 Å². The van der Waals surface area contributed by atoms with Crippen LogP contribution in [0.3, 0.4) is 0 Å². The molecular formula is C37H43F2N5O5. The number of methoxy groups -OCH3 is 1. The van der Waals surface area contributed by atoms with E-state index < -0.39 is 17.6 Å². The number of piperazine rings is 1. The van der Waals surface area contributed by atoms with Crippen LogP contribution in [0.4, 0.5) is 19.4 Å². The molecule has 0 saturated carbocycles. The Balaban J connectivity index is 1.29. The molecule has 3 aliphatic heterocycles. The predicted octanol–water partition coefficient (Wildman–Crippen LogP) is 6.58. The van der Waals surface area contributed by atoms with Crippen molar-refractivity contribution in [3.63, 3.8) is 0 Å². The van der Waals surface area contributed by atoms with Gasteiger partial charge < -0.3 is 23.8 Å². The molecule has 3 aliphatic rings. The number of carbonyl (C=O) groups excluding carboxylic acids is 1. The predicted molar refractivity (Wildman–Crippen MR) is 183 cm³/mol. The Morgan fingerprint density at radius 3 is 2.41 bits per heavy atom. The summed E-state index contributed by atoms with van der Waals surface area (Å²) in [4.78, 5) is 28.5. The van der Waals surface area contributed by atoms with Gasteiger partial charge in [0.2, 0.25) is 0 Å². The first-order chi connectivity index (χ1) is 23.5. The van der Waals surface area contributed by atoms with E-state index in [2.05, 4.69) is 9.88 Å². The third kappa shape index (κ3) is 6.68. The van der Waals surface area contributed by atoms with Crippen molar-refractivity contribution in [2.24, 2.45) is 0 Å². The second-order valence-corrected chi connectivity index (χ2v) is 14.3. The molecule has 0 aliphatic carbocycles. The van der Waals surface area contributed by atoms with Gasteiger partial charge in [0.05, 0.1) is 12.1 Å². The van der Waals surface area contributed by atoms with Gasteiger partial charge in [-0.25, -0.2) is 13.6 Å². The largest absolute Gasteiger partial charge is 0.468 e. The maximum atomic E-state index is 17.0. The van der Waals surface area contributed by atoms with Crippen LogP contribution in [0.2, 0.25) is 0 Å². The number of rotatable bonds is 8. The van der Waals surface area contributed by atoms with Crippen LogP contribution in [0.25, 0.3) is 32.8 Å². The summed E-state index contributed by atoms with van der Waals surface area (Å²) in [6.45, 7) is 7.16. The number of alkyl halides is 1. The molecule has 4 atom stereocenters. The van der Waals surface area contributed by atoms with E-state index in [0.29, 0.717) is 54.1 Å². The summed E-state index contributed by atoms with van der Waals surface area (Å²) in [5, 5.41) is 2.29. The Kier molecular flexibility index (Phi) is 8.95. The maximum Gasteiger partial charge on any atom is 0.410 e. The number of halogens is 2. The quantitative estimate of drug-likeness (QED) is 0.192. The van der Waals surface area contributed by atoms with Crippen molar-refractivity contribution in [3.8, 4) is 22.9 Å². The lowest BCUT2D eigenvalue weighted by Crippen LogP contribution is -2.57. The highest BCUT2D eigenvalue weighted by Crippen LogP contribution is 2.40. The van der Waals surface area contributed by atoms with Crippen LogP contribution in [0, 0.1) is 5.82 Å². The molecule has 4 heterocycles. The summed E-state index contributed by atoms with van der Waals surface area (Å²) in [5.74, 6) is 0.571. The number of likely N-dealkylation sites (tertiary alicyclic amines) is 1. The maximum absolute atomic E-state index is 17.0. The number of benzene rings is 3. The van der Waals surface area contributed by atoms with E-state index in [0.717, 1.165) is 23.6 Å². The lowest BCUT2D eigenvalue weighted by Gasteiger charge is -2.42. The van der Waals surface area contributed by atoms with Crippen LogP contribution in [-0.2, 0) is 9.47 Å². The van der Waals surface area contributed by atoms with E-state index in [9.17, 15) is 9.18 Å². The number of amides is 1. The molecule has 3 aromatic carbocycles. The molecule has 12 heteroatoms. The fraction of sp³-hybridized carbons (Fsp3) is 0.486. The Hall–Kier alpha value is -4.29. The Bertz CT molecular complexity index is 1860. The summed E-state index contributed by atoms with van der Waals surface area (Å²) in [6, 6.07) is 14.8. The average molecular weight is 676 g/mol. The molecule has 10 nitrogen and oxygen atoms in total. The summed E-state index contributed by atoms with van der Waals surface area (Å²) < 4.78 is 53.9. The van der Waals surface area contributed by atoms with E-state index in [4.69, 9.17) is 23.9 Å². The number of anilines is 1. The van der Waals surface area contributed by atoms with Gasteiger partial charge in [0.25, 0.3) is 0 Å². The zero-order chi connectivity index (χ0) is 34.4. The fourth-order valence-corrected chi connectivity index (χ4v) is 7.42. The topological polar surface area (TPSA) is 89.5 Å². The first-order valence-corrected chi connectivity index (χ1v) is 16.9. The van der Waals surface area contributed by atoms with Crippen molar-refractivity contribution in [1.82, 2.24) is 19.8 Å². The molecule has 0 N–H and O–H groups in total.